The summed E-state index contributed by atoms with van der Waals surface area (Å²) >= 11 is 0. The van der Waals surface area contributed by atoms with Gasteiger partial charge in [0.2, 0.25) is 0 Å². The molecule has 1 aliphatic heterocycles. The molecule has 0 aliphatic carbocycles. The summed E-state index contributed by atoms with van der Waals surface area (Å²) in [4.78, 5) is 6.58. The van der Waals surface area contributed by atoms with Gasteiger partial charge in [-0.15, -0.1) is 0 Å². The van der Waals surface area contributed by atoms with E-state index in [9.17, 15) is 0 Å². The van der Waals surface area contributed by atoms with Gasteiger partial charge in [-0.05, 0) is 31.0 Å². The second-order valence-corrected chi connectivity index (χ2v) is 5.45. The molecule has 0 atom stereocenters. The Kier molecular flexibility index (Phi) is 7.46. The lowest BCUT2D eigenvalue weighted by molar-refractivity contribution is 0.145. The number of aliphatic imine (C=N–C) groups is 1. The molecule has 23 heavy (non-hydrogen) atoms. The van der Waals surface area contributed by atoms with Gasteiger partial charge in [0.05, 0.1) is 0 Å². The lowest BCUT2D eigenvalue weighted by Gasteiger charge is -2.18. The third-order valence-electron chi connectivity index (χ3n) is 3.77. The third kappa shape index (κ3) is 5.94. The SMILES string of the molecule is CCOCCCNC(=NC)NCc1ccc(N2CC=CC2)cc1. The predicted octanol–water partition coefficient (Wildman–Crippen LogP) is 2.15. The molecular weight excluding hydrogens is 288 g/mol. The summed E-state index contributed by atoms with van der Waals surface area (Å²) in [6.45, 7) is 7.22. The molecule has 0 aromatic heterocycles. The van der Waals surface area contributed by atoms with Crippen LogP contribution in [0.3, 0.4) is 0 Å². The molecule has 2 N–H and O–H groups in total. The Bertz CT molecular complexity index is 502. The summed E-state index contributed by atoms with van der Waals surface area (Å²) in [5.74, 6) is 0.828. The molecular formula is C18H28N4O. The van der Waals surface area contributed by atoms with Gasteiger partial charge in [0, 0.05) is 52.1 Å². The predicted molar refractivity (Wildman–Crippen MR) is 97.1 cm³/mol. The average molecular weight is 316 g/mol. The van der Waals surface area contributed by atoms with Crippen molar-refractivity contribution in [2.24, 2.45) is 4.99 Å². The Morgan fingerprint density at radius 3 is 2.57 bits per heavy atom. The van der Waals surface area contributed by atoms with Crippen LogP contribution >= 0.6 is 0 Å². The molecule has 0 bridgehead atoms. The van der Waals surface area contributed by atoms with E-state index in [1.165, 1.54) is 11.3 Å². The highest BCUT2D eigenvalue weighted by Crippen LogP contribution is 2.17. The zero-order valence-electron chi connectivity index (χ0n) is 14.2. The Balaban J connectivity index is 1.71. The average Bonchev–Trinajstić information content (AvgIpc) is 3.12. The minimum absolute atomic E-state index is 0.768. The fourth-order valence-corrected chi connectivity index (χ4v) is 2.45. The number of hydrogen-bond donors (Lipinski definition) is 2. The smallest absolute Gasteiger partial charge is 0.191 e. The highest BCUT2D eigenvalue weighted by Gasteiger charge is 2.07. The van der Waals surface area contributed by atoms with E-state index < -0.39 is 0 Å². The first kappa shape index (κ1) is 17.3. The normalized spacial score (nSPS) is 14.3. The number of hydrogen-bond acceptors (Lipinski definition) is 3. The quantitative estimate of drug-likeness (QED) is 0.334. The maximum absolute atomic E-state index is 5.32. The number of nitrogens with one attached hydrogen (secondary N) is 2. The van der Waals surface area contributed by atoms with Crippen LogP contribution in [0.5, 0.6) is 0 Å². The molecule has 5 nitrogen and oxygen atoms in total. The van der Waals surface area contributed by atoms with Gasteiger partial charge in [0.25, 0.3) is 0 Å². The van der Waals surface area contributed by atoms with Crippen LogP contribution in [0.1, 0.15) is 18.9 Å². The second-order valence-electron chi connectivity index (χ2n) is 5.45. The highest BCUT2D eigenvalue weighted by molar-refractivity contribution is 5.79. The van der Waals surface area contributed by atoms with Gasteiger partial charge in [-0.25, -0.2) is 0 Å². The van der Waals surface area contributed by atoms with Crippen LogP contribution in [0.25, 0.3) is 0 Å². The van der Waals surface area contributed by atoms with Crippen LogP contribution in [0.15, 0.2) is 41.4 Å². The number of nitrogens with zero attached hydrogens (tertiary/aromatic N) is 2. The van der Waals surface area contributed by atoms with Crippen molar-refractivity contribution in [3.05, 3.63) is 42.0 Å². The van der Waals surface area contributed by atoms with E-state index in [4.69, 9.17) is 4.74 Å². The van der Waals surface area contributed by atoms with Crippen molar-refractivity contribution in [2.45, 2.75) is 19.9 Å². The van der Waals surface area contributed by atoms with E-state index in [0.717, 1.165) is 51.8 Å². The van der Waals surface area contributed by atoms with Crippen molar-refractivity contribution in [2.75, 3.05) is 44.8 Å². The number of rotatable bonds is 8. The van der Waals surface area contributed by atoms with E-state index in [2.05, 4.69) is 56.9 Å². The van der Waals surface area contributed by atoms with Crippen LogP contribution in [0, 0.1) is 0 Å². The lowest BCUT2D eigenvalue weighted by Crippen LogP contribution is -2.37. The van der Waals surface area contributed by atoms with Crippen molar-refractivity contribution in [3.63, 3.8) is 0 Å². The summed E-state index contributed by atoms with van der Waals surface area (Å²) in [6, 6.07) is 8.70. The van der Waals surface area contributed by atoms with Crippen molar-refractivity contribution < 1.29 is 4.74 Å². The molecule has 0 saturated carbocycles. The summed E-state index contributed by atoms with van der Waals surface area (Å²) in [7, 11) is 1.79. The van der Waals surface area contributed by atoms with Crippen molar-refractivity contribution in [1.82, 2.24) is 10.6 Å². The van der Waals surface area contributed by atoms with Crippen molar-refractivity contribution in [1.29, 1.82) is 0 Å². The zero-order chi connectivity index (χ0) is 16.3. The minimum Gasteiger partial charge on any atom is -0.382 e. The number of anilines is 1. The molecule has 0 saturated heterocycles. The van der Waals surface area contributed by atoms with E-state index in [0.29, 0.717) is 0 Å². The van der Waals surface area contributed by atoms with E-state index in [1.54, 1.807) is 7.05 Å². The first-order chi connectivity index (χ1) is 11.3. The molecule has 126 valence electrons. The van der Waals surface area contributed by atoms with Gasteiger partial charge in [-0.1, -0.05) is 24.3 Å². The molecule has 1 heterocycles. The Morgan fingerprint density at radius 2 is 1.91 bits per heavy atom. The second kappa shape index (κ2) is 9.90. The number of benzene rings is 1. The molecule has 0 spiro atoms. The minimum atomic E-state index is 0.768. The summed E-state index contributed by atoms with van der Waals surface area (Å²) in [5, 5.41) is 6.63. The molecule has 0 fully saturated rings. The molecule has 0 amide bonds. The van der Waals surface area contributed by atoms with E-state index >= 15 is 0 Å². The molecule has 1 aromatic carbocycles. The molecule has 1 aromatic rings. The third-order valence-corrected chi connectivity index (χ3v) is 3.77. The molecule has 1 aliphatic rings. The maximum atomic E-state index is 5.32. The Morgan fingerprint density at radius 1 is 1.17 bits per heavy atom. The Hall–Kier alpha value is -2.01. The topological polar surface area (TPSA) is 48.9 Å². The van der Waals surface area contributed by atoms with Gasteiger partial charge in [-0.2, -0.15) is 0 Å². The zero-order valence-corrected chi connectivity index (χ0v) is 14.2. The molecule has 0 unspecified atom stereocenters. The largest absolute Gasteiger partial charge is 0.382 e. The fraction of sp³-hybridized carbons (Fsp3) is 0.500. The summed E-state index contributed by atoms with van der Waals surface area (Å²) in [6.07, 6.45) is 5.39. The van der Waals surface area contributed by atoms with Gasteiger partial charge < -0.3 is 20.3 Å². The van der Waals surface area contributed by atoms with Crippen LogP contribution in [-0.2, 0) is 11.3 Å². The van der Waals surface area contributed by atoms with Crippen LogP contribution in [0.4, 0.5) is 5.69 Å². The summed E-state index contributed by atoms with van der Waals surface area (Å²) in [5.41, 5.74) is 2.52. The van der Waals surface area contributed by atoms with Crippen LogP contribution < -0.4 is 15.5 Å². The van der Waals surface area contributed by atoms with E-state index in [1.807, 2.05) is 6.92 Å². The van der Waals surface area contributed by atoms with Gasteiger partial charge in [-0.3, -0.25) is 4.99 Å². The monoisotopic (exact) mass is 316 g/mol. The number of guanidine groups is 1. The van der Waals surface area contributed by atoms with E-state index in [-0.39, 0.29) is 0 Å². The van der Waals surface area contributed by atoms with Gasteiger partial charge in [0.15, 0.2) is 5.96 Å². The van der Waals surface area contributed by atoms with Gasteiger partial charge in [0.1, 0.15) is 0 Å². The highest BCUT2D eigenvalue weighted by atomic mass is 16.5. The van der Waals surface area contributed by atoms with Gasteiger partial charge >= 0.3 is 0 Å². The maximum Gasteiger partial charge on any atom is 0.191 e. The fourth-order valence-electron chi connectivity index (χ4n) is 2.45. The molecule has 0 radical (unpaired) electrons. The summed E-state index contributed by atoms with van der Waals surface area (Å²) < 4.78 is 5.32. The van der Waals surface area contributed by atoms with Crippen molar-refractivity contribution in [3.8, 4) is 0 Å². The first-order valence-electron chi connectivity index (χ1n) is 8.34. The Labute approximate surface area is 139 Å². The van der Waals surface area contributed by atoms with Crippen LogP contribution in [0.2, 0.25) is 0 Å². The van der Waals surface area contributed by atoms with Crippen LogP contribution in [-0.4, -0.2) is 45.9 Å². The number of ether oxygens (including phenoxy) is 1. The van der Waals surface area contributed by atoms with Crippen molar-refractivity contribution >= 4 is 11.6 Å². The standard InChI is InChI=1S/C18H28N4O/c1-3-23-14-6-11-20-18(19-2)21-15-16-7-9-17(10-8-16)22-12-4-5-13-22/h4-5,7-10H,3,6,11-15H2,1-2H3,(H2,19,20,21). The first-order valence-corrected chi connectivity index (χ1v) is 8.34. The lowest BCUT2D eigenvalue weighted by atomic mass is 10.2. The molecule has 2 rings (SSSR count). The molecule has 5 heteroatoms.